The zero-order valence-corrected chi connectivity index (χ0v) is 13.3. The normalized spacial score (nSPS) is 10.7. The summed E-state index contributed by atoms with van der Waals surface area (Å²) in [5.41, 5.74) is 6.59. The van der Waals surface area contributed by atoms with Gasteiger partial charge in [-0.2, -0.15) is 5.10 Å². The Balaban J connectivity index is 1.95. The third kappa shape index (κ3) is 4.46. The van der Waals surface area contributed by atoms with Gasteiger partial charge in [-0.25, -0.2) is 4.98 Å². The predicted molar refractivity (Wildman–Crippen MR) is 85.3 cm³/mol. The van der Waals surface area contributed by atoms with Gasteiger partial charge in [0.1, 0.15) is 5.82 Å². The van der Waals surface area contributed by atoms with E-state index in [1.165, 1.54) is 0 Å². The van der Waals surface area contributed by atoms with Gasteiger partial charge in [0.05, 0.1) is 14.2 Å². The maximum Gasteiger partial charge on any atom is 0.161 e. The molecule has 0 radical (unpaired) electrons. The molecule has 0 bridgehead atoms. The van der Waals surface area contributed by atoms with Gasteiger partial charge in [0, 0.05) is 12.8 Å². The van der Waals surface area contributed by atoms with Crippen molar-refractivity contribution < 1.29 is 9.47 Å². The van der Waals surface area contributed by atoms with Gasteiger partial charge >= 0.3 is 0 Å². The van der Waals surface area contributed by atoms with Crippen LogP contribution in [-0.4, -0.2) is 35.9 Å². The Labute approximate surface area is 131 Å². The van der Waals surface area contributed by atoms with Gasteiger partial charge in [-0.3, -0.25) is 5.10 Å². The number of H-pyrrole nitrogens is 1. The minimum absolute atomic E-state index is 0.691. The van der Waals surface area contributed by atoms with Crippen LogP contribution < -0.4 is 15.2 Å². The maximum absolute atomic E-state index is 5.49. The molecule has 0 fully saturated rings. The average Bonchev–Trinajstić information content (AvgIpc) is 2.99. The van der Waals surface area contributed by atoms with Crippen LogP contribution in [0.5, 0.6) is 11.5 Å². The molecule has 22 heavy (non-hydrogen) atoms. The van der Waals surface area contributed by atoms with Gasteiger partial charge in [-0.15, -0.1) is 0 Å². The molecule has 0 atom stereocenters. The first-order chi connectivity index (χ1) is 10.8. The van der Waals surface area contributed by atoms with Gasteiger partial charge in [0.15, 0.2) is 17.3 Å². The van der Waals surface area contributed by atoms with E-state index >= 15 is 0 Å². The summed E-state index contributed by atoms with van der Waals surface area (Å²) in [6.45, 7) is 0.749. The van der Waals surface area contributed by atoms with Crippen molar-refractivity contribution in [1.29, 1.82) is 0 Å². The summed E-state index contributed by atoms with van der Waals surface area (Å²) < 4.78 is 10.6. The van der Waals surface area contributed by atoms with Crippen LogP contribution in [0.3, 0.4) is 0 Å². The minimum Gasteiger partial charge on any atom is -0.493 e. The summed E-state index contributed by atoms with van der Waals surface area (Å²) in [7, 11) is 3.26. The van der Waals surface area contributed by atoms with Crippen LogP contribution in [0.4, 0.5) is 0 Å². The molecule has 2 rings (SSSR count). The highest BCUT2D eigenvalue weighted by molar-refractivity contribution is 5.43. The molecule has 0 aliphatic heterocycles. The number of ether oxygens (including phenoxy) is 2. The van der Waals surface area contributed by atoms with Crippen molar-refractivity contribution in [2.45, 2.75) is 32.1 Å². The Kier molecular flexibility index (Phi) is 6.21. The van der Waals surface area contributed by atoms with E-state index in [2.05, 4.69) is 15.2 Å². The van der Waals surface area contributed by atoms with E-state index in [0.717, 1.165) is 60.9 Å². The number of nitrogens with two attached hydrogens (primary N) is 1. The lowest BCUT2D eigenvalue weighted by atomic mass is 10.1. The van der Waals surface area contributed by atoms with E-state index in [1.54, 1.807) is 14.2 Å². The molecule has 0 saturated carbocycles. The number of hydrogen-bond acceptors (Lipinski definition) is 5. The molecule has 6 heteroatoms. The fourth-order valence-electron chi connectivity index (χ4n) is 2.31. The quantitative estimate of drug-likeness (QED) is 0.693. The Morgan fingerprint density at radius 3 is 2.64 bits per heavy atom. The van der Waals surface area contributed by atoms with Crippen molar-refractivity contribution in [3.05, 3.63) is 35.4 Å². The summed E-state index contributed by atoms with van der Waals surface area (Å²) >= 11 is 0. The fourth-order valence-corrected chi connectivity index (χ4v) is 2.31. The third-order valence-corrected chi connectivity index (χ3v) is 3.50. The van der Waals surface area contributed by atoms with Crippen LogP contribution in [0.2, 0.25) is 0 Å². The Morgan fingerprint density at radius 1 is 1.09 bits per heavy atom. The monoisotopic (exact) mass is 304 g/mol. The summed E-state index contributed by atoms with van der Waals surface area (Å²) in [6, 6.07) is 5.87. The Morgan fingerprint density at radius 2 is 1.91 bits per heavy atom. The zero-order valence-electron chi connectivity index (χ0n) is 13.3. The van der Waals surface area contributed by atoms with Crippen molar-refractivity contribution in [3.63, 3.8) is 0 Å². The molecule has 0 saturated heterocycles. The van der Waals surface area contributed by atoms with Crippen LogP contribution in [0.15, 0.2) is 18.2 Å². The predicted octanol–water partition coefficient (Wildman–Crippen LogP) is 2.08. The molecule has 0 spiro atoms. The molecule has 1 heterocycles. The van der Waals surface area contributed by atoms with Gasteiger partial charge in [-0.1, -0.05) is 12.5 Å². The highest BCUT2D eigenvalue weighted by atomic mass is 16.5. The van der Waals surface area contributed by atoms with Crippen LogP contribution in [0.1, 0.15) is 36.5 Å². The van der Waals surface area contributed by atoms with Crippen molar-refractivity contribution >= 4 is 0 Å². The first kappa shape index (κ1) is 16.3. The maximum atomic E-state index is 5.49. The number of nitrogens with zero attached hydrogens (tertiary/aromatic N) is 2. The van der Waals surface area contributed by atoms with E-state index in [4.69, 9.17) is 15.2 Å². The molecule has 1 aromatic heterocycles. The van der Waals surface area contributed by atoms with Gasteiger partial charge in [-0.05, 0) is 37.1 Å². The second-order valence-corrected chi connectivity index (χ2v) is 5.16. The van der Waals surface area contributed by atoms with Crippen molar-refractivity contribution in [2.24, 2.45) is 5.73 Å². The Hall–Kier alpha value is -2.08. The number of aromatic amines is 1. The molecule has 2 aromatic rings. The zero-order chi connectivity index (χ0) is 15.8. The van der Waals surface area contributed by atoms with Crippen LogP contribution in [0, 0.1) is 0 Å². The number of aryl methyl sites for hydroxylation is 1. The number of unbranched alkanes of at least 4 members (excludes halogenated alkanes) is 2. The summed E-state index contributed by atoms with van der Waals surface area (Å²) in [5, 5.41) is 7.27. The largest absolute Gasteiger partial charge is 0.493 e. The molecule has 3 N–H and O–H groups in total. The molecular formula is C16H24N4O2. The Bertz CT molecular complexity index is 583. The second-order valence-electron chi connectivity index (χ2n) is 5.16. The summed E-state index contributed by atoms with van der Waals surface area (Å²) in [6.07, 6.45) is 4.84. The third-order valence-electron chi connectivity index (χ3n) is 3.50. The highest BCUT2D eigenvalue weighted by Gasteiger charge is 2.08. The van der Waals surface area contributed by atoms with Crippen LogP contribution in [0.25, 0.3) is 0 Å². The van der Waals surface area contributed by atoms with Crippen molar-refractivity contribution in [2.75, 3.05) is 20.8 Å². The van der Waals surface area contributed by atoms with Crippen LogP contribution >= 0.6 is 0 Å². The number of aromatic nitrogens is 3. The van der Waals surface area contributed by atoms with Crippen molar-refractivity contribution in [3.8, 4) is 11.5 Å². The van der Waals surface area contributed by atoms with Crippen molar-refractivity contribution in [1.82, 2.24) is 15.2 Å². The van der Waals surface area contributed by atoms with Gasteiger partial charge < -0.3 is 15.2 Å². The van der Waals surface area contributed by atoms with E-state index in [9.17, 15) is 0 Å². The molecule has 0 amide bonds. The molecule has 0 aliphatic carbocycles. The lowest BCUT2D eigenvalue weighted by Gasteiger charge is -2.08. The summed E-state index contributed by atoms with van der Waals surface area (Å²) in [4.78, 5) is 4.53. The van der Waals surface area contributed by atoms with E-state index < -0.39 is 0 Å². The van der Waals surface area contributed by atoms with E-state index in [1.807, 2.05) is 18.2 Å². The number of benzene rings is 1. The number of rotatable bonds is 9. The average molecular weight is 304 g/mol. The molecule has 1 aromatic carbocycles. The number of methoxy groups -OCH3 is 2. The molecule has 0 unspecified atom stereocenters. The topological polar surface area (TPSA) is 86.0 Å². The fraction of sp³-hybridized carbons (Fsp3) is 0.500. The van der Waals surface area contributed by atoms with Gasteiger partial charge in [0.25, 0.3) is 0 Å². The first-order valence-corrected chi connectivity index (χ1v) is 7.58. The number of nitrogens with one attached hydrogen (secondary N) is 1. The molecule has 6 nitrogen and oxygen atoms in total. The lowest BCUT2D eigenvalue weighted by Crippen LogP contribution is -1.98. The standard InChI is InChI=1S/C16H24N4O2/c1-21-13-8-7-12(10-14(13)22-2)11-16-18-15(19-20-16)6-4-3-5-9-17/h7-8,10H,3-6,9,11,17H2,1-2H3,(H,18,19,20). The lowest BCUT2D eigenvalue weighted by molar-refractivity contribution is 0.354. The van der Waals surface area contributed by atoms with E-state index in [0.29, 0.717) is 6.42 Å². The second kappa shape index (κ2) is 8.38. The summed E-state index contributed by atoms with van der Waals surface area (Å²) in [5.74, 6) is 3.18. The SMILES string of the molecule is COc1ccc(Cc2nc(CCCCCN)n[nH]2)cc1OC. The highest BCUT2D eigenvalue weighted by Crippen LogP contribution is 2.28. The molecule has 120 valence electrons. The molecular weight excluding hydrogens is 280 g/mol. The van der Waals surface area contributed by atoms with Crippen LogP contribution in [-0.2, 0) is 12.8 Å². The number of hydrogen-bond donors (Lipinski definition) is 2. The van der Waals surface area contributed by atoms with Gasteiger partial charge in [0.2, 0.25) is 0 Å². The smallest absolute Gasteiger partial charge is 0.161 e. The first-order valence-electron chi connectivity index (χ1n) is 7.58. The minimum atomic E-state index is 0.691. The van der Waals surface area contributed by atoms with E-state index in [-0.39, 0.29) is 0 Å². The molecule has 0 aliphatic rings.